The summed E-state index contributed by atoms with van der Waals surface area (Å²) in [4.78, 5) is 0. The van der Waals surface area contributed by atoms with Gasteiger partial charge in [-0.15, -0.1) is 0 Å². The first kappa shape index (κ1) is 23.9. The number of hydrogen-bond donors (Lipinski definition) is 0. The molecule has 0 aromatic heterocycles. The Morgan fingerprint density at radius 2 is 1.00 bits per heavy atom. The van der Waals surface area contributed by atoms with E-state index in [0.717, 1.165) is 5.75 Å². The lowest BCUT2D eigenvalue weighted by molar-refractivity contribution is 0.418. The van der Waals surface area contributed by atoms with Crippen molar-refractivity contribution in [2.24, 2.45) is 0 Å². The number of hydrogen-bond acceptors (Lipinski definition) is 1. The predicted octanol–water partition coefficient (Wildman–Crippen LogP) is 7.10. The number of benzene rings is 1. The number of rotatable bonds is 3. The Bertz CT molecular complexity index is 579. The molecular formula is C23H42OP2. The minimum absolute atomic E-state index is 0.216. The van der Waals surface area contributed by atoms with Gasteiger partial charge >= 0.3 is 0 Å². The maximum absolute atomic E-state index is 5.96. The Morgan fingerprint density at radius 1 is 0.615 bits per heavy atom. The van der Waals surface area contributed by atoms with Crippen LogP contribution < -0.4 is 15.3 Å². The highest BCUT2D eigenvalue weighted by Gasteiger charge is 2.43. The monoisotopic (exact) mass is 396 g/mol. The maximum Gasteiger partial charge on any atom is 0.127 e. The molecule has 1 rings (SSSR count). The molecule has 1 nitrogen and oxygen atoms in total. The van der Waals surface area contributed by atoms with Crippen molar-refractivity contribution in [3.63, 3.8) is 0 Å². The Hall–Kier alpha value is -0.120. The molecule has 0 saturated heterocycles. The second-order valence-corrected chi connectivity index (χ2v) is 18.8. The van der Waals surface area contributed by atoms with E-state index in [9.17, 15) is 0 Å². The van der Waals surface area contributed by atoms with Crippen LogP contribution in [0.4, 0.5) is 0 Å². The van der Waals surface area contributed by atoms with Crippen molar-refractivity contribution < 1.29 is 4.74 Å². The molecule has 0 amide bonds. The van der Waals surface area contributed by atoms with Crippen LogP contribution in [0.1, 0.15) is 83.1 Å². The van der Waals surface area contributed by atoms with Gasteiger partial charge in [0.25, 0.3) is 0 Å². The van der Waals surface area contributed by atoms with Crippen molar-refractivity contribution in [2.75, 3.05) is 7.11 Å². The SMILES string of the molecule is COc1cccc(P(C(C)(C)C)C(C)(C)C)c1P(C(C)(C)C)C(C)(C)C. The van der Waals surface area contributed by atoms with Crippen molar-refractivity contribution in [2.45, 2.75) is 104 Å². The maximum atomic E-state index is 5.96. The first-order chi connectivity index (χ1) is 11.4. The molecule has 1 aromatic carbocycles. The minimum atomic E-state index is -0.421. The van der Waals surface area contributed by atoms with Gasteiger partial charge in [0, 0.05) is 5.30 Å². The summed E-state index contributed by atoms with van der Waals surface area (Å²) in [6, 6.07) is 6.76. The second kappa shape index (κ2) is 7.72. The molecule has 0 saturated carbocycles. The number of ether oxygens (including phenoxy) is 1. The molecule has 0 aliphatic heterocycles. The quantitative estimate of drug-likeness (QED) is 0.495. The first-order valence-electron chi connectivity index (χ1n) is 9.70. The molecule has 0 aliphatic carbocycles. The van der Waals surface area contributed by atoms with E-state index in [1.54, 1.807) is 5.30 Å². The fourth-order valence-electron chi connectivity index (χ4n) is 4.49. The van der Waals surface area contributed by atoms with Gasteiger partial charge in [-0.1, -0.05) is 111 Å². The average Bonchev–Trinajstić information content (AvgIpc) is 2.33. The molecule has 0 atom stereocenters. The molecule has 3 heteroatoms. The smallest absolute Gasteiger partial charge is 0.127 e. The third-order valence-corrected chi connectivity index (χ3v) is 11.7. The van der Waals surface area contributed by atoms with Crippen LogP contribution >= 0.6 is 15.8 Å². The summed E-state index contributed by atoms with van der Waals surface area (Å²) in [6.07, 6.45) is 0. The zero-order chi connectivity index (χ0) is 20.7. The standard InChI is InChI=1S/C23H42OP2/c1-20(2,3)25(21(4,5)6)18-16-14-15-17(24-13)19(18)26(22(7,8)9)23(10,11)12/h14-16H,1-13H3. The molecule has 0 aliphatic rings. The Morgan fingerprint density at radius 3 is 1.31 bits per heavy atom. The van der Waals surface area contributed by atoms with Crippen LogP contribution in [0, 0.1) is 0 Å². The lowest BCUT2D eigenvalue weighted by Crippen LogP contribution is -2.42. The summed E-state index contributed by atoms with van der Waals surface area (Å²) in [5.74, 6) is 1.08. The van der Waals surface area contributed by atoms with Crippen LogP contribution in [0.2, 0.25) is 0 Å². The highest BCUT2D eigenvalue weighted by molar-refractivity contribution is 7.75. The summed E-state index contributed by atoms with van der Waals surface area (Å²) in [6.45, 7) is 28.8. The normalized spacial score (nSPS) is 14.3. The summed E-state index contributed by atoms with van der Waals surface area (Å²) >= 11 is 0. The van der Waals surface area contributed by atoms with Crippen molar-refractivity contribution in [3.05, 3.63) is 18.2 Å². The molecule has 0 N–H and O–H groups in total. The van der Waals surface area contributed by atoms with Crippen molar-refractivity contribution in [1.82, 2.24) is 0 Å². The zero-order valence-electron chi connectivity index (χ0n) is 19.5. The second-order valence-electron chi connectivity index (χ2n) is 11.2. The first-order valence-corrected chi connectivity index (χ1v) is 12.4. The molecule has 26 heavy (non-hydrogen) atoms. The van der Waals surface area contributed by atoms with Crippen molar-refractivity contribution in [1.29, 1.82) is 0 Å². The van der Waals surface area contributed by atoms with E-state index in [4.69, 9.17) is 4.74 Å². The molecule has 1 aromatic rings. The molecule has 0 spiro atoms. The lowest BCUT2D eigenvalue weighted by atomic mass is 10.2. The van der Waals surface area contributed by atoms with Crippen molar-refractivity contribution in [3.8, 4) is 5.75 Å². The van der Waals surface area contributed by atoms with Gasteiger partial charge in [-0.3, -0.25) is 0 Å². The van der Waals surface area contributed by atoms with Gasteiger partial charge in [-0.05, 0) is 32.0 Å². The third-order valence-electron chi connectivity index (χ3n) is 4.35. The van der Waals surface area contributed by atoms with Crippen LogP contribution in [0.3, 0.4) is 0 Å². The molecule has 0 bridgehead atoms. The summed E-state index contributed by atoms with van der Waals surface area (Å²) in [5, 5.41) is 3.97. The highest BCUT2D eigenvalue weighted by atomic mass is 31.1. The van der Waals surface area contributed by atoms with Gasteiger partial charge in [-0.2, -0.15) is 0 Å². The average molecular weight is 397 g/mol. The Kier molecular flexibility index (Phi) is 7.10. The molecule has 0 fully saturated rings. The van der Waals surface area contributed by atoms with E-state index in [0.29, 0.717) is 0 Å². The zero-order valence-corrected chi connectivity index (χ0v) is 21.3. The lowest BCUT2D eigenvalue weighted by Gasteiger charge is -2.47. The van der Waals surface area contributed by atoms with Crippen LogP contribution in [-0.4, -0.2) is 27.7 Å². The fraction of sp³-hybridized carbons (Fsp3) is 0.739. The summed E-state index contributed by atoms with van der Waals surface area (Å²) < 4.78 is 5.96. The minimum Gasteiger partial charge on any atom is -0.496 e. The van der Waals surface area contributed by atoms with Crippen LogP contribution in [0.25, 0.3) is 0 Å². The van der Waals surface area contributed by atoms with Crippen LogP contribution in [-0.2, 0) is 0 Å². The predicted molar refractivity (Wildman–Crippen MR) is 125 cm³/mol. The van der Waals surface area contributed by atoms with E-state index in [1.807, 2.05) is 7.11 Å². The Labute approximate surface area is 166 Å². The van der Waals surface area contributed by atoms with Crippen molar-refractivity contribution >= 4 is 26.5 Å². The van der Waals surface area contributed by atoms with Gasteiger partial charge in [0.2, 0.25) is 0 Å². The third kappa shape index (κ3) is 5.45. The molecule has 0 radical (unpaired) electrons. The Balaban J connectivity index is 3.93. The van der Waals surface area contributed by atoms with Gasteiger partial charge in [-0.25, -0.2) is 0 Å². The van der Waals surface area contributed by atoms with Gasteiger partial charge in [0.15, 0.2) is 0 Å². The molecule has 0 unspecified atom stereocenters. The number of methoxy groups -OCH3 is 1. The summed E-state index contributed by atoms with van der Waals surface area (Å²) in [7, 11) is 1.04. The van der Waals surface area contributed by atoms with E-state index in [2.05, 4.69) is 101 Å². The highest BCUT2D eigenvalue weighted by Crippen LogP contribution is 2.63. The van der Waals surface area contributed by atoms with E-state index < -0.39 is 7.92 Å². The molecular weight excluding hydrogens is 354 g/mol. The topological polar surface area (TPSA) is 9.23 Å². The van der Waals surface area contributed by atoms with E-state index in [-0.39, 0.29) is 28.5 Å². The largest absolute Gasteiger partial charge is 0.496 e. The van der Waals surface area contributed by atoms with E-state index in [1.165, 1.54) is 5.30 Å². The van der Waals surface area contributed by atoms with Gasteiger partial charge in [0.1, 0.15) is 5.75 Å². The van der Waals surface area contributed by atoms with E-state index >= 15 is 0 Å². The summed E-state index contributed by atoms with van der Waals surface area (Å²) in [5.41, 5.74) is 0. The van der Waals surface area contributed by atoms with Crippen LogP contribution in [0.5, 0.6) is 5.75 Å². The van der Waals surface area contributed by atoms with Gasteiger partial charge < -0.3 is 4.74 Å². The molecule has 0 heterocycles. The fourth-order valence-corrected chi connectivity index (χ4v) is 13.1. The molecule has 150 valence electrons. The van der Waals surface area contributed by atoms with Gasteiger partial charge in [0.05, 0.1) is 7.11 Å². The van der Waals surface area contributed by atoms with Crippen LogP contribution in [0.15, 0.2) is 18.2 Å².